The molecule has 2 amide bonds. The van der Waals surface area contributed by atoms with Gasteiger partial charge < -0.3 is 19.7 Å². The Labute approximate surface area is 193 Å². The minimum absolute atomic E-state index is 0.0488. The smallest absolute Gasteiger partial charge is 0.411 e. The minimum Gasteiger partial charge on any atom is -0.447 e. The number of nitrogens with one attached hydrogen (secondary N) is 2. The zero-order valence-corrected chi connectivity index (χ0v) is 19.2. The van der Waals surface area contributed by atoms with E-state index in [0.29, 0.717) is 31.1 Å². The van der Waals surface area contributed by atoms with Gasteiger partial charge in [-0.15, -0.1) is 0 Å². The molecule has 0 bridgehead atoms. The molecule has 1 saturated heterocycles. The summed E-state index contributed by atoms with van der Waals surface area (Å²) in [4.78, 5) is 26.2. The average Bonchev–Trinajstić information content (AvgIpc) is 2.83. The highest BCUT2D eigenvalue weighted by Crippen LogP contribution is 2.18. The molecule has 1 aliphatic rings. The van der Waals surface area contributed by atoms with Crippen LogP contribution in [0.3, 0.4) is 0 Å². The van der Waals surface area contributed by atoms with Gasteiger partial charge in [0.15, 0.2) is 0 Å². The molecule has 1 heterocycles. The maximum absolute atomic E-state index is 12.7. The third kappa shape index (κ3) is 6.91. The number of carbonyl (C=O) groups excluding carboxylic acids is 2. The van der Waals surface area contributed by atoms with Gasteiger partial charge in [-0.3, -0.25) is 10.1 Å². The van der Waals surface area contributed by atoms with E-state index in [9.17, 15) is 18.0 Å². The van der Waals surface area contributed by atoms with Gasteiger partial charge in [-0.2, -0.15) is 4.31 Å². The molecule has 3 rings (SSSR count). The number of sulfonamides is 1. The highest BCUT2D eigenvalue weighted by molar-refractivity contribution is 7.89. The van der Waals surface area contributed by atoms with Crippen LogP contribution in [0.4, 0.5) is 16.2 Å². The van der Waals surface area contributed by atoms with Crippen molar-refractivity contribution in [1.82, 2.24) is 9.21 Å². The van der Waals surface area contributed by atoms with Crippen molar-refractivity contribution < 1.29 is 27.5 Å². The van der Waals surface area contributed by atoms with Gasteiger partial charge in [-0.25, -0.2) is 13.2 Å². The van der Waals surface area contributed by atoms with Gasteiger partial charge in [0, 0.05) is 44.7 Å². The Morgan fingerprint density at radius 1 is 0.939 bits per heavy atom. The number of benzene rings is 2. The van der Waals surface area contributed by atoms with Crippen LogP contribution in [0.15, 0.2) is 59.5 Å². The van der Waals surface area contributed by atoms with Crippen LogP contribution in [0.5, 0.6) is 0 Å². The van der Waals surface area contributed by atoms with Crippen molar-refractivity contribution in [3.63, 3.8) is 0 Å². The average molecular weight is 477 g/mol. The van der Waals surface area contributed by atoms with Crippen molar-refractivity contribution in [3.05, 3.63) is 54.6 Å². The molecule has 0 aromatic heterocycles. The van der Waals surface area contributed by atoms with Crippen molar-refractivity contribution in [1.29, 1.82) is 0 Å². The summed E-state index contributed by atoms with van der Waals surface area (Å²) in [6.45, 7) is 1.63. The fourth-order valence-corrected chi connectivity index (χ4v) is 4.73. The molecule has 2 aromatic rings. The summed E-state index contributed by atoms with van der Waals surface area (Å²) < 4.78 is 36.6. The Kier molecular flexibility index (Phi) is 8.64. The van der Waals surface area contributed by atoms with Gasteiger partial charge in [0.1, 0.15) is 6.61 Å². The molecule has 0 radical (unpaired) electrons. The van der Waals surface area contributed by atoms with Crippen molar-refractivity contribution >= 4 is 33.4 Å². The lowest BCUT2D eigenvalue weighted by molar-refractivity contribution is -0.130. The SMILES string of the molecule is COCCOC(=O)Nc1cccc(NCC(=O)N2CCN(S(=O)(=O)c3ccccc3)CC2)c1. The maximum atomic E-state index is 12.7. The number of ether oxygens (including phenoxy) is 2. The molecule has 0 atom stereocenters. The number of amides is 2. The van der Waals surface area contributed by atoms with Crippen LogP contribution in [0, 0.1) is 0 Å². The van der Waals surface area contributed by atoms with Crippen LogP contribution < -0.4 is 10.6 Å². The van der Waals surface area contributed by atoms with E-state index in [-0.39, 0.29) is 37.0 Å². The first-order valence-corrected chi connectivity index (χ1v) is 11.9. The quantitative estimate of drug-likeness (QED) is 0.530. The third-order valence-corrected chi connectivity index (χ3v) is 6.96. The fourth-order valence-electron chi connectivity index (χ4n) is 3.29. The molecule has 1 aliphatic heterocycles. The van der Waals surface area contributed by atoms with Crippen LogP contribution in [-0.4, -0.2) is 82.7 Å². The van der Waals surface area contributed by atoms with Crippen molar-refractivity contribution in [2.45, 2.75) is 4.90 Å². The minimum atomic E-state index is -3.56. The predicted octanol–water partition coefficient (Wildman–Crippen LogP) is 1.83. The Balaban J connectivity index is 1.47. The number of hydrogen-bond acceptors (Lipinski definition) is 7. The van der Waals surface area contributed by atoms with Crippen molar-refractivity contribution in [3.8, 4) is 0 Å². The van der Waals surface area contributed by atoms with Gasteiger partial charge in [0.25, 0.3) is 0 Å². The lowest BCUT2D eigenvalue weighted by atomic mass is 10.2. The molecule has 0 spiro atoms. The Hall–Kier alpha value is -3.15. The van der Waals surface area contributed by atoms with E-state index >= 15 is 0 Å². The summed E-state index contributed by atoms with van der Waals surface area (Å²) >= 11 is 0. The highest BCUT2D eigenvalue weighted by Gasteiger charge is 2.29. The number of rotatable bonds is 9. The molecule has 0 unspecified atom stereocenters. The second-order valence-electron chi connectivity index (χ2n) is 7.29. The molecule has 1 fully saturated rings. The largest absolute Gasteiger partial charge is 0.447 e. The first-order valence-electron chi connectivity index (χ1n) is 10.5. The zero-order chi connectivity index (χ0) is 23.7. The van der Waals surface area contributed by atoms with Gasteiger partial charge in [0.2, 0.25) is 15.9 Å². The van der Waals surface area contributed by atoms with E-state index in [2.05, 4.69) is 10.6 Å². The van der Waals surface area contributed by atoms with Gasteiger partial charge in [-0.05, 0) is 30.3 Å². The summed E-state index contributed by atoms with van der Waals surface area (Å²) in [5, 5.41) is 5.65. The lowest BCUT2D eigenvalue weighted by Crippen LogP contribution is -2.51. The molecule has 178 valence electrons. The maximum Gasteiger partial charge on any atom is 0.411 e. The summed E-state index contributed by atoms with van der Waals surface area (Å²) in [6, 6.07) is 15.2. The van der Waals surface area contributed by atoms with Gasteiger partial charge >= 0.3 is 6.09 Å². The Morgan fingerprint density at radius 2 is 1.64 bits per heavy atom. The highest BCUT2D eigenvalue weighted by atomic mass is 32.2. The molecule has 2 aromatic carbocycles. The number of anilines is 2. The van der Waals surface area contributed by atoms with Gasteiger partial charge in [-0.1, -0.05) is 24.3 Å². The van der Waals surface area contributed by atoms with E-state index < -0.39 is 16.1 Å². The molecule has 33 heavy (non-hydrogen) atoms. The number of carbonyl (C=O) groups is 2. The monoisotopic (exact) mass is 476 g/mol. The van der Waals surface area contributed by atoms with E-state index in [4.69, 9.17) is 9.47 Å². The molecule has 11 heteroatoms. The number of hydrogen-bond donors (Lipinski definition) is 2. The van der Waals surface area contributed by atoms with Crippen LogP contribution in [0.25, 0.3) is 0 Å². The number of piperazine rings is 1. The lowest BCUT2D eigenvalue weighted by Gasteiger charge is -2.34. The molecule has 10 nitrogen and oxygen atoms in total. The number of nitrogens with zero attached hydrogens (tertiary/aromatic N) is 2. The van der Waals surface area contributed by atoms with Crippen molar-refractivity contribution in [2.24, 2.45) is 0 Å². The second-order valence-corrected chi connectivity index (χ2v) is 9.22. The van der Waals surface area contributed by atoms with E-state index in [1.54, 1.807) is 59.5 Å². The number of methoxy groups -OCH3 is 1. The topological polar surface area (TPSA) is 117 Å². The van der Waals surface area contributed by atoms with Crippen molar-refractivity contribution in [2.75, 3.05) is 63.7 Å². The summed E-state index contributed by atoms with van der Waals surface area (Å²) in [5.41, 5.74) is 1.18. The Morgan fingerprint density at radius 3 is 2.33 bits per heavy atom. The Bertz CT molecular complexity index is 1040. The van der Waals surface area contributed by atoms with Crippen LogP contribution in [-0.2, 0) is 24.3 Å². The molecule has 0 aliphatic carbocycles. The van der Waals surface area contributed by atoms with Gasteiger partial charge in [0.05, 0.1) is 18.0 Å². The standard InChI is InChI=1S/C22H28N4O6S/c1-31-14-15-32-22(28)24-19-7-5-6-18(16-19)23-17-21(27)25-10-12-26(13-11-25)33(29,30)20-8-3-2-4-9-20/h2-9,16,23H,10-15,17H2,1H3,(H,24,28). The fraction of sp³-hybridized carbons (Fsp3) is 0.364. The molecular weight excluding hydrogens is 448 g/mol. The molecule has 2 N–H and O–H groups in total. The van der Waals surface area contributed by atoms with Crippen LogP contribution >= 0.6 is 0 Å². The molecular formula is C22H28N4O6S. The predicted molar refractivity (Wildman–Crippen MR) is 124 cm³/mol. The molecule has 0 saturated carbocycles. The summed E-state index contributed by atoms with van der Waals surface area (Å²) in [5.74, 6) is -0.135. The van der Waals surface area contributed by atoms with E-state index in [0.717, 1.165) is 0 Å². The first-order chi connectivity index (χ1) is 15.9. The van der Waals surface area contributed by atoms with E-state index in [1.165, 1.54) is 11.4 Å². The third-order valence-electron chi connectivity index (χ3n) is 5.05. The van der Waals surface area contributed by atoms with Crippen LogP contribution in [0.1, 0.15) is 0 Å². The van der Waals surface area contributed by atoms with Crippen LogP contribution in [0.2, 0.25) is 0 Å². The summed E-state index contributed by atoms with van der Waals surface area (Å²) in [7, 11) is -2.04. The first kappa shape index (κ1) is 24.5. The summed E-state index contributed by atoms with van der Waals surface area (Å²) in [6.07, 6.45) is -0.594. The second kappa shape index (κ2) is 11.6. The zero-order valence-electron chi connectivity index (χ0n) is 18.4. The normalized spacial score (nSPS) is 14.5. The van der Waals surface area contributed by atoms with E-state index in [1.807, 2.05) is 0 Å².